The number of amides is 1. The fourth-order valence-corrected chi connectivity index (χ4v) is 3.59. The predicted molar refractivity (Wildman–Crippen MR) is 99.5 cm³/mol. The second-order valence-corrected chi connectivity index (χ2v) is 6.86. The molecule has 1 spiro atoms. The Bertz CT molecular complexity index is 842. The number of nitrogens with zero attached hydrogens (tertiary/aromatic N) is 1. The molecule has 0 radical (unpaired) electrons. The summed E-state index contributed by atoms with van der Waals surface area (Å²) in [4.78, 5) is 13.6. The second kappa shape index (κ2) is 7.12. The Labute approximate surface area is 158 Å². The van der Waals surface area contributed by atoms with Crippen LogP contribution in [0, 0.1) is 0 Å². The van der Waals surface area contributed by atoms with Gasteiger partial charge in [-0.15, -0.1) is 0 Å². The first kappa shape index (κ1) is 17.7. The fourth-order valence-electron chi connectivity index (χ4n) is 3.59. The predicted octanol–water partition coefficient (Wildman–Crippen LogP) is 3.92. The minimum absolute atomic E-state index is 0.241. The molecule has 0 saturated carbocycles. The van der Waals surface area contributed by atoms with E-state index < -0.39 is 5.79 Å². The third-order valence-corrected chi connectivity index (χ3v) is 5.08. The van der Waals surface area contributed by atoms with Gasteiger partial charge in [0.25, 0.3) is 0 Å². The molecule has 27 heavy (non-hydrogen) atoms. The van der Waals surface area contributed by atoms with Crippen molar-refractivity contribution in [1.82, 2.24) is 4.90 Å². The van der Waals surface area contributed by atoms with E-state index in [2.05, 4.69) is 0 Å². The molecule has 1 amide bonds. The van der Waals surface area contributed by atoms with Gasteiger partial charge in [-0.1, -0.05) is 18.2 Å². The minimum Gasteiger partial charge on any atom is -0.508 e. The minimum atomic E-state index is -0.678. The van der Waals surface area contributed by atoms with Crippen LogP contribution in [0.4, 0.5) is 4.79 Å². The van der Waals surface area contributed by atoms with Gasteiger partial charge >= 0.3 is 6.09 Å². The Hall–Kier alpha value is -2.73. The summed E-state index contributed by atoms with van der Waals surface area (Å²) in [5.74, 6) is 0.377. The zero-order valence-corrected chi connectivity index (χ0v) is 15.3. The van der Waals surface area contributed by atoms with Crippen molar-refractivity contribution in [2.75, 3.05) is 19.7 Å². The van der Waals surface area contributed by atoms with Gasteiger partial charge < -0.3 is 24.2 Å². The standard InChI is InChI=1S/C21H23NO5/c1-2-25-20(24)22-10-8-21(9-11-22)26-14-17-12-16(6-7-19(17)27-21)15-4-3-5-18(23)13-15/h3-7,12-13,23H,2,8-11,14H2,1H3. The largest absolute Gasteiger partial charge is 0.508 e. The molecule has 6 nitrogen and oxygen atoms in total. The number of phenols is 1. The van der Waals surface area contributed by atoms with Crippen LogP contribution in [0.25, 0.3) is 11.1 Å². The number of ether oxygens (including phenoxy) is 3. The molecule has 6 heteroatoms. The molecule has 0 bridgehead atoms. The molecule has 1 fully saturated rings. The number of fused-ring (bicyclic) bond motifs is 1. The molecule has 0 aliphatic carbocycles. The van der Waals surface area contributed by atoms with Crippen LogP contribution in [-0.4, -0.2) is 41.6 Å². The first-order chi connectivity index (χ1) is 13.1. The lowest BCUT2D eigenvalue weighted by Crippen LogP contribution is -2.52. The maximum atomic E-state index is 11.9. The molecule has 2 aliphatic heterocycles. The van der Waals surface area contributed by atoms with E-state index in [9.17, 15) is 9.90 Å². The molecular formula is C21H23NO5. The van der Waals surface area contributed by atoms with E-state index in [1.165, 1.54) is 0 Å². The molecule has 4 rings (SSSR count). The van der Waals surface area contributed by atoms with E-state index in [0.29, 0.717) is 39.1 Å². The average Bonchev–Trinajstić information content (AvgIpc) is 2.68. The van der Waals surface area contributed by atoms with Gasteiger partial charge in [0.1, 0.15) is 11.5 Å². The van der Waals surface area contributed by atoms with Crippen LogP contribution < -0.4 is 4.74 Å². The molecule has 0 atom stereocenters. The van der Waals surface area contributed by atoms with Crippen molar-refractivity contribution < 1.29 is 24.1 Å². The van der Waals surface area contributed by atoms with Crippen LogP contribution in [0.1, 0.15) is 25.3 Å². The highest BCUT2D eigenvalue weighted by Crippen LogP contribution is 2.39. The topological polar surface area (TPSA) is 68.2 Å². The lowest BCUT2D eigenvalue weighted by molar-refractivity contribution is -0.226. The highest BCUT2D eigenvalue weighted by molar-refractivity contribution is 5.68. The van der Waals surface area contributed by atoms with E-state index in [0.717, 1.165) is 22.4 Å². The molecule has 2 aromatic carbocycles. The summed E-state index contributed by atoms with van der Waals surface area (Å²) in [6, 6.07) is 13.1. The second-order valence-electron chi connectivity index (χ2n) is 6.86. The van der Waals surface area contributed by atoms with Gasteiger partial charge in [-0.25, -0.2) is 4.79 Å². The Balaban J connectivity index is 1.47. The molecule has 1 saturated heterocycles. The van der Waals surface area contributed by atoms with E-state index in [4.69, 9.17) is 14.2 Å². The lowest BCUT2D eigenvalue weighted by atomic mass is 9.99. The molecule has 0 aromatic heterocycles. The Kier molecular flexibility index (Phi) is 4.66. The van der Waals surface area contributed by atoms with Crippen LogP contribution in [0.2, 0.25) is 0 Å². The highest BCUT2D eigenvalue weighted by atomic mass is 16.7. The van der Waals surface area contributed by atoms with Gasteiger partial charge in [-0.2, -0.15) is 0 Å². The molecule has 2 heterocycles. The van der Waals surface area contributed by atoms with Gasteiger partial charge in [-0.3, -0.25) is 0 Å². The van der Waals surface area contributed by atoms with Crippen LogP contribution in [0.15, 0.2) is 42.5 Å². The van der Waals surface area contributed by atoms with Crippen LogP contribution in [-0.2, 0) is 16.1 Å². The highest BCUT2D eigenvalue weighted by Gasteiger charge is 2.42. The molecule has 0 unspecified atom stereocenters. The summed E-state index contributed by atoms with van der Waals surface area (Å²) in [6.45, 7) is 3.74. The van der Waals surface area contributed by atoms with Gasteiger partial charge in [0.05, 0.1) is 13.2 Å². The Morgan fingerprint density at radius 1 is 1.19 bits per heavy atom. The SMILES string of the molecule is CCOC(=O)N1CCC2(CC1)OCc1cc(-c3cccc(O)c3)ccc1O2. The third kappa shape index (κ3) is 3.57. The van der Waals surface area contributed by atoms with Crippen molar-refractivity contribution >= 4 is 6.09 Å². The number of benzene rings is 2. The number of piperidine rings is 1. The van der Waals surface area contributed by atoms with Crippen molar-refractivity contribution in [3.05, 3.63) is 48.0 Å². The summed E-state index contributed by atoms with van der Waals surface area (Å²) in [7, 11) is 0. The number of likely N-dealkylation sites (tertiary alicyclic amines) is 1. The monoisotopic (exact) mass is 369 g/mol. The van der Waals surface area contributed by atoms with Crippen molar-refractivity contribution in [1.29, 1.82) is 0 Å². The molecule has 1 N–H and O–H groups in total. The van der Waals surface area contributed by atoms with E-state index >= 15 is 0 Å². The Morgan fingerprint density at radius 2 is 1.96 bits per heavy atom. The molecule has 2 aliphatic rings. The average molecular weight is 369 g/mol. The summed E-state index contributed by atoms with van der Waals surface area (Å²) in [5, 5.41) is 9.69. The maximum absolute atomic E-state index is 11.9. The molecule has 142 valence electrons. The van der Waals surface area contributed by atoms with Gasteiger partial charge in [0.15, 0.2) is 0 Å². The van der Waals surface area contributed by atoms with E-state index in [-0.39, 0.29) is 11.8 Å². The van der Waals surface area contributed by atoms with Gasteiger partial charge in [0.2, 0.25) is 5.79 Å². The smallest absolute Gasteiger partial charge is 0.409 e. The molecular weight excluding hydrogens is 346 g/mol. The summed E-state index contributed by atoms with van der Waals surface area (Å²) < 4.78 is 17.4. The van der Waals surface area contributed by atoms with Crippen LogP contribution in [0.3, 0.4) is 0 Å². The van der Waals surface area contributed by atoms with Crippen LogP contribution >= 0.6 is 0 Å². The number of hydrogen-bond acceptors (Lipinski definition) is 5. The number of carbonyl (C=O) groups excluding carboxylic acids is 1. The Morgan fingerprint density at radius 3 is 2.70 bits per heavy atom. The normalized spacial score (nSPS) is 17.9. The summed E-state index contributed by atoms with van der Waals surface area (Å²) >= 11 is 0. The molecule has 2 aromatic rings. The zero-order chi connectivity index (χ0) is 18.9. The van der Waals surface area contributed by atoms with Crippen molar-refractivity contribution in [3.63, 3.8) is 0 Å². The van der Waals surface area contributed by atoms with Crippen molar-refractivity contribution in [2.24, 2.45) is 0 Å². The zero-order valence-electron chi connectivity index (χ0n) is 15.3. The number of aromatic hydroxyl groups is 1. The van der Waals surface area contributed by atoms with Crippen LogP contribution in [0.5, 0.6) is 11.5 Å². The first-order valence-electron chi connectivity index (χ1n) is 9.25. The summed E-state index contributed by atoms with van der Waals surface area (Å²) in [6.07, 6.45) is 0.943. The van der Waals surface area contributed by atoms with Gasteiger partial charge in [-0.05, 0) is 42.3 Å². The quantitative estimate of drug-likeness (QED) is 0.869. The number of hydrogen-bond donors (Lipinski definition) is 1. The number of carbonyl (C=O) groups is 1. The summed E-state index contributed by atoms with van der Waals surface area (Å²) in [5.41, 5.74) is 2.93. The lowest BCUT2D eigenvalue weighted by Gasteiger charge is -2.43. The maximum Gasteiger partial charge on any atom is 0.409 e. The van der Waals surface area contributed by atoms with E-state index in [1.54, 1.807) is 24.0 Å². The number of phenolic OH excluding ortho intramolecular Hbond substituents is 1. The third-order valence-electron chi connectivity index (χ3n) is 5.08. The van der Waals surface area contributed by atoms with Crippen molar-refractivity contribution in [3.8, 4) is 22.6 Å². The van der Waals surface area contributed by atoms with Gasteiger partial charge in [0, 0.05) is 31.5 Å². The van der Waals surface area contributed by atoms with E-state index in [1.807, 2.05) is 30.3 Å². The number of rotatable bonds is 2. The first-order valence-corrected chi connectivity index (χ1v) is 9.25. The van der Waals surface area contributed by atoms with Crippen molar-refractivity contribution in [2.45, 2.75) is 32.2 Å². The fraction of sp³-hybridized carbons (Fsp3) is 0.381.